The van der Waals surface area contributed by atoms with E-state index >= 15 is 0 Å². The summed E-state index contributed by atoms with van der Waals surface area (Å²) >= 11 is 0. The highest BCUT2D eigenvalue weighted by Gasteiger charge is 2.44. The summed E-state index contributed by atoms with van der Waals surface area (Å²) < 4.78 is 17.8. The van der Waals surface area contributed by atoms with Gasteiger partial charge < -0.3 is 9.64 Å². The number of carbonyl (C=O) groups is 4. The molecule has 1 heterocycles. The topological polar surface area (TPSA) is 84.0 Å². The van der Waals surface area contributed by atoms with Crippen molar-refractivity contribution >= 4 is 29.4 Å². The average molecular weight is 410 g/mol. The Morgan fingerprint density at radius 3 is 2.30 bits per heavy atom. The van der Waals surface area contributed by atoms with Crippen LogP contribution in [0, 0.1) is 5.82 Å². The van der Waals surface area contributed by atoms with Gasteiger partial charge in [-0.2, -0.15) is 0 Å². The second kappa shape index (κ2) is 8.69. The Balaban J connectivity index is 1.87. The molecule has 3 amide bonds. The molecule has 30 heavy (non-hydrogen) atoms. The number of imide groups is 1. The fourth-order valence-electron chi connectivity index (χ4n) is 3.24. The minimum Gasteiger partial charge on any atom is -0.465 e. The van der Waals surface area contributed by atoms with Crippen LogP contribution in [0.1, 0.15) is 27.1 Å². The standard InChI is InChI=1S/C22H19FN2O5/c1-3-12-24(20(27)14-4-8-16(23)9-5-14)18-13-19(26)25(21(18)28)17-10-6-15(7-11-17)22(29)30-2/h3-11,18H,1,12-13H2,2H3. The number of rotatable bonds is 6. The van der Waals surface area contributed by atoms with Crippen LogP contribution in [0.15, 0.2) is 61.2 Å². The van der Waals surface area contributed by atoms with Gasteiger partial charge >= 0.3 is 5.97 Å². The van der Waals surface area contributed by atoms with Crippen molar-refractivity contribution in [2.75, 3.05) is 18.6 Å². The highest BCUT2D eigenvalue weighted by molar-refractivity contribution is 6.23. The number of hydrogen-bond acceptors (Lipinski definition) is 5. The molecule has 1 aliphatic heterocycles. The second-order valence-corrected chi connectivity index (χ2v) is 6.58. The van der Waals surface area contributed by atoms with Gasteiger partial charge in [-0.15, -0.1) is 6.58 Å². The lowest BCUT2D eigenvalue weighted by Gasteiger charge is -2.26. The van der Waals surface area contributed by atoms with Crippen LogP contribution < -0.4 is 4.90 Å². The molecule has 0 bridgehead atoms. The molecule has 0 radical (unpaired) electrons. The third kappa shape index (κ3) is 3.98. The van der Waals surface area contributed by atoms with Crippen molar-refractivity contribution in [3.63, 3.8) is 0 Å². The predicted molar refractivity (Wildman–Crippen MR) is 106 cm³/mol. The SMILES string of the molecule is C=CCN(C(=O)c1ccc(F)cc1)C1CC(=O)N(c2ccc(C(=O)OC)cc2)C1=O. The lowest BCUT2D eigenvalue weighted by Crippen LogP contribution is -2.45. The van der Waals surface area contributed by atoms with E-state index in [1.807, 2.05) is 0 Å². The van der Waals surface area contributed by atoms with Crippen molar-refractivity contribution in [2.45, 2.75) is 12.5 Å². The van der Waals surface area contributed by atoms with Gasteiger partial charge in [-0.1, -0.05) is 6.08 Å². The molecule has 3 rings (SSSR count). The first kappa shape index (κ1) is 20.9. The number of ether oxygens (including phenoxy) is 1. The van der Waals surface area contributed by atoms with E-state index in [4.69, 9.17) is 0 Å². The summed E-state index contributed by atoms with van der Waals surface area (Å²) in [5, 5.41) is 0. The van der Waals surface area contributed by atoms with Gasteiger partial charge in [0.1, 0.15) is 11.9 Å². The molecule has 1 atom stereocenters. The molecule has 154 valence electrons. The van der Waals surface area contributed by atoms with Gasteiger partial charge in [0.15, 0.2) is 0 Å². The number of esters is 1. The second-order valence-electron chi connectivity index (χ2n) is 6.58. The molecule has 8 heteroatoms. The van der Waals surface area contributed by atoms with Crippen LogP contribution >= 0.6 is 0 Å². The zero-order chi connectivity index (χ0) is 21.8. The lowest BCUT2D eigenvalue weighted by molar-refractivity contribution is -0.122. The molecule has 1 fully saturated rings. The van der Waals surface area contributed by atoms with Crippen molar-refractivity contribution in [3.05, 3.63) is 78.1 Å². The molecule has 0 saturated carbocycles. The number of nitrogens with zero attached hydrogens (tertiary/aromatic N) is 2. The minimum atomic E-state index is -1.02. The van der Waals surface area contributed by atoms with Gasteiger partial charge in [0.2, 0.25) is 5.91 Å². The van der Waals surface area contributed by atoms with Crippen molar-refractivity contribution < 1.29 is 28.3 Å². The zero-order valence-electron chi connectivity index (χ0n) is 16.2. The fraction of sp³-hybridized carbons (Fsp3) is 0.182. The van der Waals surface area contributed by atoms with Crippen LogP contribution in [-0.4, -0.2) is 48.3 Å². The van der Waals surface area contributed by atoms with Gasteiger partial charge in [0.25, 0.3) is 11.8 Å². The number of methoxy groups -OCH3 is 1. The van der Waals surface area contributed by atoms with Crippen molar-refractivity contribution in [2.24, 2.45) is 0 Å². The van der Waals surface area contributed by atoms with Gasteiger partial charge in [-0.05, 0) is 48.5 Å². The number of hydrogen-bond donors (Lipinski definition) is 0. The Hall–Kier alpha value is -3.81. The molecule has 0 spiro atoms. The van der Waals surface area contributed by atoms with Gasteiger partial charge in [0.05, 0.1) is 24.8 Å². The maximum absolute atomic E-state index is 13.2. The first-order valence-electron chi connectivity index (χ1n) is 9.10. The van der Waals surface area contributed by atoms with Gasteiger partial charge in [0, 0.05) is 12.1 Å². The maximum Gasteiger partial charge on any atom is 0.337 e. The van der Waals surface area contributed by atoms with Crippen LogP contribution in [-0.2, 0) is 14.3 Å². The lowest BCUT2D eigenvalue weighted by atomic mass is 10.1. The average Bonchev–Trinajstić information content (AvgIpc) is 3.05. The van der Waals surface area contributed by atoms with Crippen molar-refractivity contribution in [1.82, 2.24) is 4.90 Å². The highest BCUT2D eigenvalue weighted by atomic mass is 19.1. The Kier molecular flexibility index (Phi) is 6.06. The van der Waals surface area contributed by atoms with E-state index in [-0.39, 0.29) is 29.8 Å². The summed E-state index contributed by atoms with van der Waals surface area (Å²) in [6, 6.07) is 9.73. The molecule has 0 N–H and O–H groups in total. The third-order valence-electron chi connectivity index (χ3n) is 4.72. The van der Waals surface area contributed by atoms with Crippen LogP contribution in [0.3, 0.4) is 0 Å². The first-order valence-corrected chi connectivity index (χ1v) is 9.10. The Morgan fingerprint density at radius 1 is 1.13 bits per heavy atom. The quantitative estimate of drug-likeness (QED) is 0.415. The van der Waals surface area contributed by atoms with Crippen LogP contribution in [0.5, 0.6) is 0 Å². The number of halogens is 1. The molecule has 1 saturated heterocycles. The molecule has 7 nitrogen and oxygen atoms in total. The normalized spacial score (nSPS) is 15.8. The molecule has 2 aromatic rings. The summed E-state index contributed by atoms with van der Waals surface area (Å²) in [5.74, 6) is -2.58. The molecule has 1 aliphatic rings. The van der Waals surface area contributed by atoms with Crippen LogP contribution in [0.25, 0.3) is 0 Å². The first-order chi connectivity index (χ1) is 14.4. The van der Waals surface area contributed by atoms with Gasteiger partial charge in [-0.25, -0.2) is 14.1 Å². The summed E-state index contributed by atoms with van der Waals surface area (Å²) in [7, 11) is 1.25. The van der Waals surface area contributed by atoms with Crippen molar-refractivity contribution in [1.29, 1.82) is 0 Å². The van der Waals surface area contributed by atoms with E-state index in [2.05, 4.69) is 11.3 Å². The third-order valence-corrected chi connectivity index (χ3v) is 4.72. The maximum atomic E-state index is 13.2. The van der Waals surface area contributed by atoms with Crippen LogP contribution in [0.2, 0.25) is 0 Å². The summed E-state index contributed by atoms with van der Waals surface area (Å²) in [6.07, 6.45) is 1.26. The largest absolute Gasteiger partial charge is 0.465 e. The number of carbonyl (C=O) groups excluding carboxylic acids is 4. The monoisotopic (exact) mass is 410 g/mol. The number of anilines is 1. The van der Waals surface area contributed by atoms with E-state index in [1.54, 1.807) is 0 Å². The summed E-state index contributed by atoms with van der Waals surface area (Å²) in [5.41, 5.74) is 0.754. The van der Waals surface area contributed by atoms with Crippen LogP contribution in [0.4, 0.5) is 10.1 Å². The van der Waals surface area contributed by atoms with Gasteiger partial charge in [-0.3, -0.25) is 14.4 Å². The zero-order valence-corrected chi connectivity index (χ0v) is 16.2. The molecular weight excluding hydrogens is 391 g/mol. The highest BCUT2D eigenvalue weighted by Crippen LogP contribution is 2.27. The molecule has 2 aromatic carbocycles. The number of amides is 3. The molecular formula is C22H19FN2O5. The predicted octanol–water partition coefficient (Wildman–Crippen LogP) is 2.57. The van der Waals surface area contributed by atoms with E-state index in [0.29, 0.717) is 0 Å². The van der Waals surface area contributed by atoms with E-state index in [0.717, 1.165) is 17.0 Å². The smallest absolute Gasteiger partial charge is 0.337 e. The fourth-order valence-corrected chi connectivity index (χ4v) is 3.24. The number of benzene rings is 2. The van der Waals surface area contributed by atoms with E-state index < -0.39 is 35.5 Å². The minimum absolute atomic E-state index is 0.0367. The van der Waals surface area contributed by atoms with Crippen molar-refractivity contribution in [3.8, 4) is 0 Å². The summed E-state index contributed by atoms with van der Waals surface area (Å²) in [6.45, 7) is 3.65. The molecule has 0 aliphatic carbocycles. The van der Waals surface area contributed by atoms with E-state index in [9.17, 15) is 23.6 Å². The molecule has 1 unspecified atom stereocenters. The van der Waals surface area contributed by atoms with E-state index in [1.165, 1.54) is 54.5 Å². The Morgan fingerprint density at radius 2 is 1.73 bits per heavy atom. The molecule has 0 aromatic heterocycles. The Bertz CT molecular complexity index is 1000. The summed E-state index contributed by atoms with van der Waals surface area (Å²) in [4.78, 5) is 52.3. The Labute approximate surface area is 172 Å².